The summed E-state index contributed by atoms with van der Waals surface area (Å²) < 4.78 is 5.25. The second-order valence-electron chi connectivity index (χ2n) is 6.79. The van der Waals surface area contributed by atoms with Crippen molar-refractivity contribution in [1.29, 1.82) is 0 Å². The van der Waals surface area contributed by atoms with Gasteiger partial charge in [-0.25, -0.2) is 4.79 Å². The predicted octanol–water partition coefficient (Wildman–Crippen LogP) is 2.86. The van der Waals surface area contributed by atoms with Gasteiger partial charge in [0, 0.05) is 24.5 Å². The number of hydrogen-bond acceptors (Lipinski definition) is 5. The molecule has 138 valence electrons. The zero-order chi connectivity index (χ0) is 19.2. The number of pyridine rings is 1. The van der Waals surface area contributed by atoms with Gasteiger partial charge >= 0.3 is 6.09 Å². The molecule has 0 radical (unpaired) electrons. The Balaban J connectivity index is 2.12. The molecule has 0 aliphatic carbocycles. The maximum atomic E-state index is 12.6. The minimum absolute atomic E-state index is 0.131. The summed E-state index contributed by atoms with van der Waals surface area (Å²) in [5.74, 6) is -0.248. The summed E-state index contributed by atoms with van der Waals surface area (Å²) in [5, 5.41) is 14.7. The average molecular weight is 357 g/mol. The first-order valence-corrected chi connectivity index (χ1v) is 8.21. The van der Waals surface area contributed by atoms with Gasteiger partial charge in [-0.1, -0.05) is 12.1 Å². The maximum Gasteiger partial charge on any atom is 0.408 e. The molecule has 2 aromatic rings. The van der Waals surface area contributed by atoms with Crippen LogP contribution in [0.4, 0.5) is 10.5 Å². The molecule has 0 aliphatic rings. The van der Waals surface area contributed by atoms with Crippen molar-refractivity contribution in [3.63, 3.8) is 0 Å². The van der Waals surface area contributed by atoms with E-state index in [1.807, 2.05) is 0 Å². The maximum absolute atomic E-state index is 12.6. The van der Waals surface area contributed by atoms with Gasteiger partial charge in [-0.3, -0.25) is 9.78 Å². The summed E-state index contributed by atoms with van der Waals surface area (Å²) in [6, 6.07) is 8.91. The van der Waals surface area contributed by atoms with Crippen molar-refractivity contribution in [3.8, 4) is 5.75 Å². The molecule has 1 heterocycles. The van der Waals surface area contributed by atoms with Crippen LogP contribution in [0.2, 0.25) is 0 Å². The van der Waals surface area contributed by atoms with E-state index in [1.54, 1.807) is 57.4 Å². The molecule has 0 unspecified atom stereocenters. The molecule has 1 atom stereocenters. The number of aromatic nitrogens is 1. The highest BCUT2D eigenvalue weighted by Gasteiger charge is 2.25. The normalized spacial score (nSPS) is 12.1. The summed E-state index contributed by atoms with van der Waals surface area (Å²) in [7, 11) is 0. The van der Waals surface area contributed by atoms with Crippen LogP contribution in [0, 0.1) is 0 Å². The van der Waals surface area contributed by atoms with Gasteiger partial charge in [0.15, 0.2) is 0 Å². The lowest BCUT2D eigenvalue weighted by Gasteiger charge is -2.23. The number of amides is 2. The Morgan fingerprint density at radius 3 is 2.31 bits per heavy atom. The highest BCUT2D eigenvalue weighted by Crippen LogP contribution is 2.13. The number of carbonyl (C=O) groups excluding carboxylic acids is 2. The number of rotatable bonds is 5. The Morgan fingerprint density at radius 1 is 1.12 bits per heavy atom. The SMILES string of the molecule is CC(C)(C)OC(=O)N[C@@H](Cc1ccc(O)cc1)C(=O)Nc1ccncc1. The Bertz CT molecular complexity index is 740. The molecule has 1 aromatic carbocycles. The van der Waals surface area contributed by atoms with Crippen LogP contribution in [0.1, 0.15) is 26.3 Å². The molecule has 0 fully saturated rings. The van der Waals surface area contributed by atoms with E-state index in [0.29, 0.717) is 5.69 Å². The van der Waals surface area contributed by atoms with Crippen LogP contribution in [-0.4, -0.2) is 33.7 Å². The summed E-state index contributed by atoms with van der Waals surface area (Å²) in [6.45, 7) is 5.25. The number of aromatic hydroxyl groups is 1. The highest BCUT2D eigenvalue weighted by molar-refractivity contribution is 5.96. The van der Waals surface area contributed by atoms with E-state index in [9.17, 15) is 14.7 Å². The fourth-order valence-electron chi connectivity index (χ4n) is 2.19. The monoisotopic (exact) mass is 357 g/mol. The third-order valence-electron chi connectivity index (χ3n) is 3.33. The van der Waals surface area contributed by atoms with E-state index in [4.69, 9.17) is 4.74 Å². The van der Waals surface area contributed by atoms with Gasteiger partial charge in [-0.05, 0) is 50.6 Å². The molecule has 0 saturated carbocycles. The highest BCUT2D eigenvalue weighted by atomic mass is 16.6. The molecule has 3 N–H and O–H groups in total. The molecule has 0 spiro atoms. The number of phenols is 1. The van der Waals surface area contributed by atoms with Crippen molar-refractivity contribution in [2.75, 3.05) is 5.32 Å². The molecular weight excluding hydrogens is 334 g/mol. The zero-order valence-corrected chi connectivity index (χ0v) is 15.0. The summed E-state index contributed by atoms with van der Waals surface area (Å²) >= 11 is 0. The molecule has 7 heteroatoms. The fourth-order valence-corrected chi connectivity index (χ4v) is 2.19. The first kappa shape index (κ1) is 19.2. The number of phenolic OH excluding ortho intramolecular Hbond substituents is 1. The third-order valence-corrected chi connectivity index (χ3v) is 3.33. The Hall–Kier alpha value is -3.09. The number of hydrogen-bond donors (Lipinski definition) is 3. The third kappa shape index (κ3) is 6.43. The van der Waals surface area contributed by atoms with Crippen LogP contribution in [0.5, 0.6) is 5.75 Å². The molecule has 2 rings (SSSR count). The molecule has 2 amide bonds. The van der Waals surface area contributed by atoms with Gasteiger partial charge in [0.2, 0.25) is 5.91 Å². The van der Waals surface area contributed by atoms with Crippen LogP contribution in [-0.2, 0) is 16.0 Å². The molecular formula is C19H23N3O4. The van der Waals surface area contributed by atoms with Gasteiger partial charge < -0.3 is 20.5 Å². The van der Waals surface area contributed by atoms with Gasteiger partial charge in [0.1, 0.15) is 17.4 Å². The largest absolute Gasteiger partial charge is 0.508 e. The van der Waals surface area contributed by atoms with Crippen molar-refractivity contribution >= 4 is 17.7 Å². The minimum Gasteiger partial charge on any atom is -0.508 e. The van der Waals surface area contributed by atoms with E-state index < -0.39 is 17.7 Å². The number of carbonyl (C=O) groups is 2. The predicted molar refractivity (Wildman–Crippen MR) is 97.8 cm³/mol. The molecule has 1 aromatic heterocycles. The molecule has 0 saturated heterocycles. The molecule has 7 nitrogen and oxygen atoms in total. The van der Waals surface area contributed by atoms with Crippen LogP contribution in [0.3, 0.4) is 0 Å². The summed E-state index contributed by atoms with van der Waals surface area (Å²) in [5.41, 5.74) is 0.690. The first-order chi connectivity index (χ1) is 12.2. The van der Waals surface area contributed by atoms with Crippen LogP contribution < -0.4 is 10.6 Å². The van der Waals surface area contributed by atoms with Gasteiger partial charge in [-0.15, -0.1) is 0 Å². The van der Waals surface area contributed by atoms with Crippen molar-refractivity contribution < 1.29 is 19.4 Å². The number of benzene rings is 1. The standard InChI is InChI=1S/C19H23N3O4/c1-19(2,3)26-18(25)22-16(12-13-4-6-15(23)7-5-13)17(24)21-14-8-10-20-11-9-14/h4-11,16,23H,12H2,1-3H3,(H,22,25)(H,20,21,24)/t16-/m0/s1. The van der Waals surface area contributed by atoms with E-state index in [-0.39, 0.29) is 18.1 Å². The van der Waals surface area contributed by atoms with Gasteiger partial charge in [-0.2, -0.15) is 0 Å². The first-order valence-electron chi connectivity index (χ1n) is 8.21. The van der Waals surface area contributed by atoms with Crippen LogP contribution in [0.15, 0.2) is 48.8 Å². The van der Waals surface area contributed by atoms with Crippen molar-refractivity contribution in [2.24, 2.45) is 0 Å². The zero-order valence-electron chi connectivity index (χ0n) is 15.0. The summed E-state index contributed by atoms with van der Waals surface area (Å²) in [4.78, 5) is 28.6. The van der Waals surface area contributed by atoms with Gasteiger partial charge in [0.25, 0.3) is 0 Å². The quantitative estimate of drug-likeness (QED) is 0.764. The Kier molecular flexibility index (Phi) is 6.16. The second-order valence-corrected chi connectivity index (χ2v) is 6.79. The lowest BCUT2D eigenvalue weighted by atomic mass is 10.0. The van der Waals surface area contributed by atoms with E-state index >= 15 is 0 Å². The number of ether oxygens (including phenoxy) is 1. The number of nitrogens with one attached hydrogen (secondary N) is 2. The lowest BCUT2D eigenvalue weighted by molar-refractivity contribution is -0.118. The average Bonchev–Trinajstić information content (AvgIpc) is 2.55. The molecule has 0 bridgehead atoms. The topological polar surface area (TPSA) is 101 Å². The van der Waals surface area contributed by atoms with E-state index in [0.717, 1.165) is 5.56 Å². The van der Waals surface area contributed by atoms with Gasteiger partial charge in [0.05, 0.1) is 0 Å². The number of alkyl carbamates (subject to hydrolysis) is 1. The van der Waals surface area contributed by atoms with Crippen molar-refractivity contribution in [1.82, 2.24) is 10.3 Å². The lowest BCUT2D eigenvalue weighted by Crippen LogP contribution is -2.47. The van der Waals surface area contributed by atoms with Crippen LogP contribution in [0.25, 0.3) is 0 Å². The minimum atomic E-state index is -0.845. The summed E-state index contributed by atoms with van der Waals surface area (Å²) in [6.07, 6.45) is 2.69. The van der Waals surface area contributed by atoms with E-state index in [2.05, 4.69) is 15.6 Å². The Labute approximate surface area is 152 Å². The van der Waals surface area contributed by atoms with E-state index in [1.165, 1.54) is 12.1 Å². The molecule has 0 aliphatic heterocycles. The second kappa shape index (κ2) is 8.33. The number of nitrogens with zero attached hydrogens (tertiary/aromatic N) is 1. The number of anilines is 1. The molecule has 26 heavy (non-hydrogen) atoms. The van der Waals surface area contributed by atoms with Crippen molar-refractivity contribution in [3.05, 3.63) is 54.4 Å². The Morgan fingerprint density at radius 2 is 1.73 bits per heavy atom. The fraction of sp³-hybridized carbons (Fsp3) is 0.316. The van der Waals surface area contributed by atoms with Crippen molar-refractivity contribution in [2.45, 2.75) is 38.8 Å². The smallest absolute Gasteiger partial charge is 0.408 e. The van der Waals surface area contributed by atoms with Crippen LogP contribution >= 0.6 is 0 Å².